The fourth-order valence-electron chi connectivity index (χ4n) is 4.56. The monoisotopic (exact) mass is 453 g/mol. The lowest BCUT2D eigenvalue weighted by molar-refractivity contribution is 0.592. The number of hydrogen-bond acceptors (Lipinski definition) is 1. The highest BCUT2D eigenvalue weighted by Gasteiger charge is 2.18. The van der Waals surface area contributed by atoms with Gasteiger partial charge in [0.1, 0.15) is 0 Å². The molecule has 1 heteroatoms. The molecule has 0 N–H and O–H groups in total. The SMILES string of the molecule is CC(=Cc1ccc(-c2ccccc2C(C)(C)C)cc1)c1ccc(-c2ccc(C3=CC=N3)cc2)cc1. The first kappa shape index (κ1) is 22.8. The van der Waals surface area contributed by atoms with Crippen LogP contribution < -0.4 is 0 Å². The fourth-order valence-corrected chi connectivity index (χ4v) is 4.56. The van der Waals surface area contributed by atoms with Crippen molar-refractivity contribution in [3.63, 3.8) is 0 Å². The van der Waals surface area contributed by atoms with Gasteiger partial charge >= 0.3 is 0 Å². The van der Waals surface area contributed by atoms with Crippen LogP contribution in [0.15, 0.2) is 108 Å². The van der Waals surface area contributed by atoms with E-state index in [2.05, 4.69) is 136 Å². The Bertz CT molecular complexity index is 1420. The zero-order valence-electron chi connectivity index (χ0n) is 20.9. The van der Waals surface area contributed by atoms with Gasteiger partial charge in [0.05, 0.1) is 5.70 Å². The number of aliphatic imine (C=N–C) groups is 1. The van der Waals surface area contributed by atoms with Gasteiger partial charge in [0.15, 0.2) is 0 Å². The maximum Gasteiger partial charge on any atom is 0.0717 e. The maximum atomic E-state index is 4.27. The highest BCUT2D eigenvalue weighted by Crippen LogP contribution is 2.33. The van der Waals surface area contributed by atoms with Gasteiger partial charge in [-0.15, -0.1) is 0 Å². The topological polar surface area (TPSA) is 12.4 Å². The minimum absolute atomic E-state index is 0.114. The molecule has 4 aromatic rings. The quantitative estimate of drug-likeness (QED) is 0.267. The lowest BCUT2D eigenvalue weighted by Crippen LogP contribution is -2.12. The van der Waals surface area contributed by atoms with Crippen LogP contribution in [0.25, 0.3) is 39.6 Å². The molecule has 0 saturated heterocycles. The van der Waals surface area contributed by atoms with Crippen LogP contribution in [0.5, 0.6) is 0 Å². The van der Waals surface area contributed by atoms with E-state index in [1.807, 2.05) is 12.3 Å². The van der Waals surface area contributed by atoms with Gasteiger partial charge in [-0.2, -0.15) is 0 Å². The minimum atomic E-state index is 0.114. The molecule has 0 aliphatic carbocycles. The summed E-state index contributed by atoms with van der Waals surface area (Å²) < 4.78 is 0. The zero-order chi connectivity index (χ0) is 24.4. The molecule has 1 heterocycles. The Hall–Kier alpha value is -3.97. The standard InChI is InChI=1S/C34H31N/c1-24(23-25-9-11-29(12-10-25)31-7-5-6-8-32(31)34(2,3)4)26-13-15-27(16-14-26)28-17-19-30(20-18-28)33-21-22-35-33/h5-23H,1-4H3. The van der Waals surface area contributed by atoms with Crippen molar-refractivity contribution in [3.8, 4) is 22.3 Å². The lowest BCUT2D eigenvalue weighted by Gasteiger charge is -2.23. The number of benzene rings is 4. The Balaban J connectivity index is 1.33. The summed E-state index contributed by atoms with van der Waals surface area (Å²) in [5.41, 5.74) is 12.4. The van der Waals surface area contributed by atoms with Crippen LogP contribution in [0.4, 0.5) is 0 Å². The van der Waals surface area contributed by atoms with Gasteiger partial charge in [0, 0.05) is 11.8 Å². The Morgan fingerprint density at radius 2 is 1.20 bits per heavy atom. The Labute approximate surface area is 209 Å². The van der Waals surface area contributed by atoms with Gasteiger partial charge in [-0.1, -0.05) is 124 Å². The van der Waals surface area contributed by atoms with Gasteiger partial charge in [-0.3, -0.25) is 4.99 Å². The van der Waals surface area contributed by atoms with E-state index in [1.165, 1.54) is 50.1 Å². The molecular formula is C34H31N. The Kier molecular flexibility index (Phi) is 6.09. The van der Waals surface area contributed by atoms with Gasteiger partial charge in [-0.05, 0) is 62.9 Å². The van der Waals surface area contributed by atoms with Crippen molar-refractivity contribution in [1.29, 1.82) is 0 Å². The van der Waals surface area contributed by atoms with Crippen molar-refractivity contribution in [2.75, 3.05) is 0 Å². The van der Waals surface area contributed by atoms with E-state index >= 15 is 0 Å². The molecule has 0 aromatic heterocycles. The summed E-state index contributed by atoms with van der Waals surface area (Å²) in [5, 5.41) is 0. The average molecular weight is 454 g/mol. The van der Waals surface area contributed by atoms with Crippen molar-refractivity contribution in [3.05, 3.63) is 125 Å². The molecule has 0 amide bonds. The van der Waals surface area contributed by atoms with E-state index in [0.29, 0.717) is 0 Å². The molecule has 0 atom stereocenters. The van der Waals surface area contributed by atoms with Gasteiger partial charge in [0.2, 0.25) is 0 Å². The summed E-state index contributed by atoms with van der Waals surface area (Å²) in [6, 6.07) is 35.1. The van der Waals surface area contributed by atoms with Gasteiger partial charge in [-0.25, -0.2) is 0 Å². The first-order chi connectivity index (χ1) is 16.9. The molecule has 1 aliphatic rings. The predicted molar refractivity (Wildman–Crippen MR) is 152 cm³/mol. The second kappa shape index (κ2) is 9.35. The smallest absolute Gasteiger partial charge is 0.0717 e. The third-order valence-corrected chi connectivity index (χ3v) is 6.64. The van der Waals surface area contributed by atoms with Gasteiger partial charge in [0.25, 0.3) is 0 Å². The third kappa shape index (κ3) is 4.95. The summed E-state index contributed by atoms with van der Waals surface area (Å²) in [6.45, 7) is 9.00. The van der Waals surface area contributed by atoms with E-state index in [-0.39, 0.29) is 5.41 Å². The minimum Gasteiger partial charge on any atom is -0.256 e. The summed E-state index contributed by atoms with van der Waals surface area (Å²) in [4.78, 5) is 4.27. The molecule has 1 nitrogen and oxygen atoms in total. The molecular weight excluding hydrogens is 422 g/mol. The van der Waals surface area contributed by atoms with Gasteiger partial charge < -0.3 is 0 Å². The maximum absolute atomic E-state index is 4.27. The fraction of sp³-hybridized carbons (Fsp3) is 0.147. The van der Waals surface area contributed by atoms with Crippen molar-refractivity contribution in [2.45, 2.75) is 33.1 Å². The van der Waals surface area contributed by atoms with Crippen molar-refractivity contribution in [2.24, 2.45) is 4.99 Å². The molecule has 0 radical (unpaired) electrons. The highest BCUT2D eigenvalue weighted by molar-refractivity contribution is 5.96. The third-order valence-electron chi connectivity index (χ3n) is 6.64. The van der Waals surface area contributed by atoms with Crippen LogP contribution in [-0.4, -0.2) is 6.21 Å². The van der Waals surface area contributed by atoms with Crippen LogP contribution in [0.2, 0.25) is 0 Å². The summed E-state index contributed by atoms with van der Waals surface area (Å²) in [7, 11) is 0. The van der Waals surface area contributed by atoms with E-state index in [0.717, 1.165) is 5.70 Å². The predicted octanol–water partition coefficient (Wildman–Crippen LogP) is 9.30. The normalized spacial score (nSPS) is 13.4. The lowest BCUT2D eigenvalue weighted by atomic mass is 9.82. The van der Waals surface area contributed by atoms with E-state index < -0.39 is 0 Å². The first-order valence-electron chi connectivity index (χ1n) is 12.2. The molecule has 0 spiro atoms. The molecule has 172 valence electrons. The Morgan fingerprint density at radius 1 is 0.657 bits per heavy atom. The van der Waals surface area contributed by atoms with E-state index in [1.54, 1.807) is 0 Å². The molecule has 0 unspecified atom stereocenters. The van der Waals surface area contributed by atoms with Crippen molar-refractivity contribution < 1.29 is 0 Å². The summed E-state index contributed by atoms with van der Waals surface area (Å²) >= 11 is 0. The van der Waals surface area contributed by atoms with Crippen LogP contribution in [0.3, 0.4) is 0 Å². The summed E-state index contributed by atoms with van der Waals surface area (Å²) in [6.07, 6.45) is 6.13. The Morgan fingerprint density at radius 3 is 1.77 bits per heavy atom. The average Bonchev–Trinajstić information content (AvgIpc) is 2.83. The van der Waals surface area contributed by atoms with Crippen LogP contribution in [0.1, 0.15) is 49.9 Å². The van der Waals surface area contributed by atoms with Crippen LogP contribution >= 0.6 is 0 Å². The number of hydrogen-bond donors (Lipinski definition) is 0. The largest absolute Gasteiger partial charge is 0.256 e. The molecule has 5 rings (SSSR count). The van der Waals surface area contributed by atoms with Crippen molar-refractivity contribution in [1.82, 2.24) is 0 Å². The first-order valence-corrected chi connectivity index (χ1v) is 12.2. The molecule has 4 aromatic carbocycles. The summed E-state index contributed by atoms with van der Waals surface area (Å²) in [5.74, 6) is 0. The van der Waals surface area contributed by atoms with E-state index in [4.69, 9.17) is 0 Å². The molecule has 35 heavy (non-hydrogen) atoms. The number of nitrogens with zero attached hydrogens (tertiary/aromatic N) is 1. The van der Waals surface area contributed by atoms with E-state index in [9.17, 15) is 0 Å². The number of allylic oxidation sites excluding steroid dienone is 2. The molecule has 0 saturated carbocycles. The molecule has 0 fully saturated rings. The second-order valence-electron chi connectivity index (χ2n) is 10.2. The number of rotatable bonds is 5. The highest BCUT2D eigenvalue weighted by atomic mass is 14.8. The second-order valence-corrected chi connectivity index (χ2v) is 10.2. The zero-order valence-corrected chi connectivity index (χ0v) is 20.9. The van der Waals surface area contributed by atoms with Crippen LogP contribution in [-0.2, 0) is 5.41 Å². The molecule has 0 bridgehead atoms. The van der Waals surface area contributed by atoms with Crippen molar-refractivity contribution >= 4 is 23.6 Å². The molecule has 1 aliphatic heterocycles. The van der Waals surface area contributed by atoms with Crippen LogP contribution in [0, 0.1) is 0 Å².